The fourth-order valence-electron chi connectivity index (χ4n) is 7.84. The van der Waals surface area contributed by atoms with Crippen LogP contribution in [0.5, 0.6) is 0 Å². The zero-order valence-corrected chi connectivity index (χ0v) is 46.2. The van der Waals surface area contributed by atoms with Gasteiger partial charge < -0.3 is 14.2 Å². The van der Waals surface area contributed by atoms with Gasteiger partial charge in [0.1, 0.15) is 13.2 Å². The Labute approximate surface area is 438 Å². The monoisotopic (exact) mass is 985 g/mol. The van der Waals surface area contributed by atoms with Crippen LogP contribution in [0, 0.1) is 0 Å². The molecule has 0 radical (unpaired) electrons. The normalized spacial score (nSPS) is 12.9. The molecular weight excluding hydrogens is 877 g/mol. The quantitative estimate of drug-likeness (QED) is 0.0261. The predicted octanol–water partition coefficient (Wildman–Crippen LogP) is 19.9. The smallest absolute Gasteiger partial charge is 0.306 e. The average molecular weight is 986 g/mol. The number of hydrogen-bond acceptors (Lipinski definition) is 6. The van der Waals surface area contributed by atoms with E-state index in [1.54, 1.807) is 0 Å². The maximum Gasteiger partial charge on any atom is 0.306 e. The molecule has 404 valence electrons. The lowest BCUT2D eigenvalue weighted by molar-refractivity contribution is -0.167. The molecule has 71 heavy (non-hydrogen) atoms. The summed E-state index contributed by atoms with van der Waals surface area (Å²) in [4.78, 5) is 37.9. The second-order valence-corrected chi connectivity index (χ2v) is 19.2. The highest BCUT2D eigenvalue weighted by Gasteiger charge is 2.19. The Hall–Kier alpha value is -3.93. The topological polar surface area (TPSA) is 78.9 Å². The standard InChI is InChI=1S/C65H108O6/c1-4-7-10-13-16-19-22-23-24-25-26-27-28-29-30-31-32-33-34-35-36-37-38-39-40-41-42-43-44-47-49-52-55-58-64(67)70-61-62(71-65(68)59-56-53-50-46-21-18-15-12-9-6-3)60-69-63(66)57-54-51-48-45-20-17-14-11-8-5-2/h7,10-12,14-16,19,23-24,26-27,29-30,32-33,35-36,62H,4-6,8-9,13,17-18,20-22,25,28,31,34,37-61H2,1-3H3/b10-7-,14-11-,15-12-,19-16-,24-23-,27-26-,30-29-,33-32-,36-35-. The van der Waals surface area contributed by atoms with Crippen LogP contribution in [-0.2, 0) is 28.6 Å². The minimum absolute atomic E-state index is 0.0854. The van der Waals surface area contributed by atoms with Gasteiger partial charge in [0.2, 0.25) is 0 Å². The fraction of sp³-hybridized carbons (Fsp3) is 0.677. The summed E-state index contributed by atoms with van der Waals surface area (Å²) in [6.07, 6.45) is 79.7. The SMILES string of the molecule is CC/C=C\C/C=C\C/C=C\C/C=C\C/C=C\C/C=C\C/C=C\CCCCCCCCCCCCCC(=O)OCC(COC(=O)CCCCCCC/C=C\CCC)OC(=O)CCCCCCC/C=C\CCC. The average Bonchev–Trinajstić information content (AvgIpc) is 3.37. The van der Waals surface area contributed by atoms with E-state index in [9.17, 15) is 14.4 Å². The molecule has 0 aliphatic heterocycles. The van der Waals surface area contributed by atoms with E-state index in [1.165, 1.54) is 89.9 Å². The number of hydrogen-bond donors (Lipinski definition) is 0. The molecule has 0 heterocycles. The second kappa shape index (κ2) is 58.6. The molecule has 0 spiro atoms. The van der Waals surface area contributed by atoms with E-state index in [0.717, 1.165) is 135 Å². The maximum atomic E-state index is 12.7. The molecule has 0 aromatic carbocycles. The lowest BCUT2D eigenvalue weighted by atomic mass is 10.0. The van der Waals surface area contributed by atoms with Gasteiger partial charge in [0.05, 0.1) is 0 Å². The Morgan fingerprint density at radius 2 is 0.549 bits per heavy atom. The summed E-state index contributed by atoms with van der Waals surface area (Å²) in [6.45, 7) is 6.38. The Morgan fingerprint density at radius 1 is 0.296 bits per heavy atom. The van der Waals surface area contributed by atoms with E-state index in [2.05, 4.69) is 130 Å². The minimum Gasteiger partial charge on any atom is -0.462 e. The van der Waals surface area contributed by atoms with Crippen LogP contribution in [0.15, 0.2) is 109 Å². The largest absolute Gasteiger partial charge is 0.462 e. The van der Waals surface area contributed by atoms with Crippen molar-refractivity contribution in [2.45, 2.75) is 271 Å². The van der Waals surface area contributed by atoms with Gasteiger partial charge >= 0.3 is 17.9 Å². The van der Waals surface area contributed by atoms with Gasteiger partial charge in [0.25, 0.3) is 0 Å². The van der Waals surface area contributed by atoms with Gasteiger partial charge in [-0.1, -0.05) is 239 Å². The van der Waals surface area contributed by atoms with Crippen molar-refractivity contribution in [3.05, 3.63) is 109 Å². The third-order valence-electron chi connectivity index (χ3n) is 12.2. The van der Waals surface area contributed by atoms with Crippen LogP contribution in [0.25, 0.3) is 0 Å². The molecule has 0 bridgehead atoms. The molecule has 0 aliphatic carbocycles. The van der Waals surface area contributed by atoms with Crippen molar-refractivity contribution in [1.82, 2.24) is 0 Å². The third kappa shape index (κ3) is 56.9. The van der Waals surface area contributed by atoms with Crippen LogP contribution in [0.3, 0.4) is 0 Å². The molecule has 0 aromatic rings. The van der Waals surface area contributed by atoms with Crippen LogP contribution >= 0.6 is 0 Å². The highest BCUT2D eigenvalue weighted by molar-refractivity contribution is 5.71. The Kier molecular flexibility index (Phi) is 55.4. The Morgan fingerprint density at radius 3 is 0.873 bits per heavy atom. The molecule has 1 atom stereocenters. The zero-order chi connectivity index (χ0) is 51.4. The van der Waals surface area contributed by atoms with Crippen LogP contribution in [-0.4, -0.2) is 37.2 Å². The molecule has 6 heteroatoms. The highest BCUT2D eigenvalue weighted by Crippen LogP contribution is 2.15. The first-order valence-corrected chi connectivity index (χ1v) is 29.4. The number of esters is 3. The van der Waals surface area contributed by atoms with E-state index in [1.807, 2.05) is 0 Å². The molecule has 0 saturated heterocycles. The maximum absolute atomic E-state index is 12.7. The summed E-state index contributed by atoms with van der Waals surface area (Å²) in [5.41, 5.74) is 0. The van der Waals surface area contributed by atoms with Crippen molar-refractivity contribution in [2.75, 3.05) is 13.2 Å². The van der Waals surface area contributed by atoms with Crippen molar-refractivity contribution in [1.29, 1.82) is 0 Å². The number of carbonyl (C=O) groups excluding carboxylic acids is 3. The molecule has 0 N–H and O–H groups in total. The molecule has 0 amide bonds. The van der Waals surface area contributed by atoms with Crippen molar-refractivity contribution in [3.8, 4) is 0 Å². The van der Waals surface area contributed by atoms with E-state index in [4.69, 9.17) is 14.2 Å². The molecule has 0 rings (SSSR count). The van der Waals surface area contributed by atoms with Crippen molar-refractivity contribution in [3.63, 3.8) is 0 Å². The van der Waals surface area contributed by atoms with E-state index in [-0.39, 0.29) is 31.1 Å². The fourth-order valence-corrected chi connectivity index (χ4v) is 7.84. The first-order valence-electron chi connectivity index (χ1n) is 29.4. The number of unbranched alkanes of at least 4 members (excludes halogenated alkanes) is 23. The molecule has 6 nitrogen and oxygen atoms in total. The first-order chi connectivity index (χ1) is 35.0. The summed E-state index contributed by atoms with van der Waals surface area (Å²) < 4.78 is 16.8. The first kappa shape index (κ1) is 67.1. The van der Waals surface area contributed by atoms with Gasteiger partial charge in [0.15, 0.2) is 6.10 Å². The van der Waals surface area contributed by atoms with Crippen LogP contribution in [0.2, 0.25) is 0 Å². The molecule has 0 aromatic heterocycles. The molecule has 0 aliphatic rings. The van der Waals surface area contributed by atoms with E-state index >= 15 is 0 Å². The summed E-state index contributed by atoms with van der Waals surface area (Å²) in [7, 11) is 0. The second-order valence-electron chi connectivity index (χ2n) is 19.2. The van der Waals surface area contributed by atoms with Gasteiger partial charge in [-0.3, -0.25) is 14.4 Å². The highest BCUT2D eigenvalue weighted by atomic mass is 16.6. The summed E-state index contributed by atoms with van der Waals surface area (Å²) >= 11 is 0. The number of ether oxygens (including phenoxy) is 3. The minimum atomic E-state index is -0.785. The van der Waals surface area contributed by atoms with Crippen molar-refractivity contribution in [2.24, 2.45) is 0 Å². The molecule has 1 unspecified atom stereocenters. The van der Waals surface area contributed by atoms with E-state index < -0.39 is 6.10 Å². The van der Waals surface area contributed by atoms with Crippen molar-refractivity contribution < 1.29 is 28.6 Å². The van der Waals surface area contributed by atoms with Crippen LogP contribution in [0.1, 0.15) is 265 Å². The van der Waals surface area contributed by atoms with Crippen LogP contribution < -0.4 is 0 Å². The number of carbonyl (C=O) groups is 3. The van der Waals surface area contributed by atoms with Gasteiger partial charge in [0, 0.05) is 19.3 Å². The van der Waals surface area contributed by atoms with Gasteiger partial charge in [-0.25, -0.2) is 0 Å². The molecule has 0 fully saturated rings. The number of allylic oxidation sites excluding steroid dienone is 18. The van der Waals surface area contributed by atoms with Gasteiger partial charge in [-0.2, -0.15) is 0 Å². The summed E-state index contributed by atoms with van der Waals surface area (Å²) in [6, 6.07) is 0. The van der Waals surface area contributed by atoms with Crippen LogP contribution in [0.4, 0.5) is 0 Å². The summed E-state index contributed by atoms with van der Waals surface area (Å²) in [5.74, 6) is -0.912. The Bertz CT molecular complexity index is 1460. The predicted molar refractivity (Wildman–Crippen MR) is 307 cm³/mol. The number of rotatable bonds is 52. The van der Waals surface area contributed by atoms with Gasteiger partial charge in [-0.05, 0) is 116 Å². The summed E-state index contributed by atoms with van der Waals surface area (Å²) in [5, 5.41) is 0. The molecule has 0 saturated carbocycles. The van der Waals surface area contributed by atoms with Crippen molar-refractivity contribution >= 4 is 17.9 Å². The lowest BCUT2D eigenvalue weighted by Gasteiger charge is -2.18. The van der Waals surface area contributed by atoms with Gasteiger partial charge in [-0.15, -0.1) is 0 Å². The van der Waals surface area contributed by atoms with E-state index in [0.29, 0.717) is 19.3 Å². The lowest BCUT2D eigenvalue weighted by Crippen LogP contribution is -2.30. The molecular formula is C65H108O6. The zero-order valence-electron chi connectivity index (χ0n) is 46.2. The third-order valence-corrected chi connectivity index (χ3v) is 12.2. The Balaban J connectivity index is 4.10.